The van der Waals surface area contributed by atoms with Gasteiger partial charge in [0.25, 0.3) is 0 Å². The third kappa shape index (κ3) is 2.32. The van der Waals surface area contributed by atoms with Gasteiger partial charge < -0.3 is 10.1 Å². The smallest absolute Gasteiger partial charge is 0.141 e. The third-order valence-corrected chi connectivity index (χ3v) is 4.11. The van der Waals surface area contributed by atoms with Crippen molar-refractivity contribution < 1.29 is 4.74 Å². The Morgan fingerprint density at radius 1 is 1.28 bits per heavy atom. The number of anilines is 1. The molecule has 1 aromatic carbocycles. The van der Waals surface area contributed by atoms with Gasteiger partial charge in [-0.1, -0.05) is 12.1 Å². The highest BCUT2D eigenvalue weighted by Gasteiger charge is 2.38. The lowest BCUT2D eigenvalue weighted by atomic mass is 10.2. The zero-order chi connectivity index (χ0) is 12.5. The molecule has 0 spiro atoms. The van der Waals surface area contributed by atoms with Crippen molar-refractivity contribution in [2.24, 2.45) is 0 Å². The van der Waals surface area contributed by atoms with E-state index in [2.05, 4.69) is 29.3 Å². The summed E-state index contributed by atoms with van der Waals surface area (Å²) in [6, 6.07) is 10.3. The molecule has 98 valence electrons. The van der Waals surface area contributed by atoms with Crippen LogP contribution in [0.3, 0.4) is 0 Å². The summed E-state index contributed by atoms with van der Waals surface area (Å²) in [6.07, 6.45) is 4.02. The molecule has 0 bridgehead atoms. The van der Waals surface area contributed by atoms with E-state index >= 15 is 0 Å². The number of benzene rings is 1. The second-order valence-electron chi connectivity index (χ2n) is 5.55. The Labute approximate surface area is 109 Å². The number of hydrogen-bond acceptors (Lipinski definition) is 3. The molecule has 2 unspecified atom stereocenters. The molecular formula is C15H22N2O. The topological polar surface area (TPSA) is 24.5 Å². The van der Waals surface area contributed by atoms with Gasteiger partial charge >= 0.3 is 0 Å². The first kappa shape index (κ1) is 11.8. The average molecular weight is 246 g/mol. The second kappa shape index (κ2) is 4.81. The van der Waals surface area contributed by atoms with Crippen LogP contribution in [0.15, 0.2) is 24.3 Å². The van der Waals surface area contributed by atoms with Gasteiger partial charge in [-0.3, -0.25) is 4.90 Å². The largest absolute Gasteiger partial charge is 0.495 e. The highest BCUT2D eigenvalue weighted by Crippen LogP contribution is 2.35. The molecule has 2 fully saturated rings. The number of para-hydroxylation sites is 2. The van der Waals surface area contributed by atoms with Crippen LogP contribution in [0.1, 0.15) is 26.2 Å². The van der Waals surface area contributed by atoms with E-state index in [1.807, 2.05) is 12.1 Å². The van der Waals surface area contributed by atoms with Crippen molar-refractivity contribution in [3.8, 4) is 5.75 Å². The van der Waals surface area contributed by atoms with Crippen LogP contribution in [0.5, 0.6) is 5.75 Å². The molecule has 18 heavy (non-hydrogen) atoms. The Bertz CT molecular complexity index is 417. The lowest BCUT2D eigenvalue weighted by Gasteiger charge is -2.20. The minimum Gasteiger partial charge on any atom is -0.495 e. The predicted octanol–water partition coefficient (Wildman–Crippen LogP) is 2.73. The average Bonchev–Trinajstić information content (AvgIpc) is 3.15. The van der Waals surface area contributed by atoms with Gasteiger partial charge in [0.1, 0.15) is 5.75 Å². The summed E-state index contributed by atoms with van der Waals surface area (Å²) in [5.74, 6) is 0.940. The fourth-order valence-corrected chi connectivity index (χ4v) is 3.06. The maximum Gasteiger partial charge on any atom is 0.141 e. The van der Waals surface area contributed by atoms with E-state index in [1.54, 1.807) is 7.11 Å². The minimum absolute atomic E-state index is 0.553. The van der Waals surface area contributed by atoms with E-state index in [1.165, 1.54) is 25.8 Å². The molecule has 1 N–H and O–H groups in total. The predicted molar refractivity (Wildman–Crippen MR) is 74.2 cm³/mol. The van der Waals surface area contributed by atoms with Gasteiger partial charge in [-0.05, 0) is 38.3 Å². The van der Waals surface area contributed by atoms with E-state index in [-0.39, 0.29) is 0 Å². The fraction of sp³-hybridized carbons (Fsp3) is 0.600. The molecule has 2 atom stereocenters. The summed E-state index contributed by atoms with van der Waals surface area (Å²) < 4.78 is 5.39. The first-order valence-corrected chi connectivity index (χ1v) is 6.93. The molecule has 0 aromatic heterocycles. The Morgan fingerprint density at radius 2 is 2.06 bits per heavy atom. The van der Waals surface area contributed by atoms with Crippen LogP contribution >= 0.6 is 0 Å². The molecule has 3 rings (SSSR count). The van der Waals surface area contributed by atoms with Gasteiger partial charge in [0.05, 0.1) is 12.8 Å². The van der Waals surface area contributed by atoms with Crippen molar-refractivity contribution in [1.82, 2.24) is 4.90 Å². The summed E-state index contributed by atoms with van der Waals surface area (Å²) >= 11 is 0. The van der Waals surface area contributed by atoms with E-state index in [9.17, 15) is 0 Å². The molecule has 2 aliphatic rings. The second-order valence-corrected chi connectivity index (χ2v) is 5.55. The maximum absolute atomic E-state index is 5.39. The van der Waals surface area contributed by atoms with E-state index in [0.717, 1.165) is 17.5 Å². The van der Waals surface area contributed by atoms with Crippen LogP contribution in [0.2, 0.25) is 0 Å². The van der Waals surface area contributed by atoms with Crippen molar-refractivity contribution in [2.45, 2.75) is 44.3 Å². The molecule has 1 aromatic rings. The number of ether oxygens (including phenoxy) is 1. The Kier molecular flexibility index (Phi) is 3.16. The Morgan fingerprint density at radius 3 is 2.78 bits per heavy atom. The lowest BCUT2D eigenvalue weighted by molar-refractivity contribution is 0.257. The van der Waals surface area contributed by atoms with Crippen LogP contribution in [-0.2, 0) is 0 Å². The minimum atomic E-state index is 0.553. The molecule has 0 radical (unpaired) electrons. The van der Waals surface area contributed by atoms with Crippen LogP contribution in [0, 0.1) is 0 Å². The van der Waals surface area contributed by atoms with Gasteiger partial charge in [-0.15, -0.1) is 0 Å². The number of likely N-dealkylation sites (tertiary alicyclic amines) is 1. The van der Waals surface area contributed by atoms with Crippen molar-refractivity contribution >= 4 is 5.69 Å². The molecule has 1 saturated carbocycles. The molecule has 1 aliphatic heterocycles. The normalized spacial score (nSPS) is 28.3. The summed E-state index contributed by atoms with van der Waals surface area (Å²) in [4.78, 5) is 2.66. The van der Waals surface area contributed by atoms with E-state index in [4.69, 9.17) is 4.74 Å². The summed E-state index contributed by atoms with van der Waals surface area (Å²) in [7, 11) is 1.73. The first-order valence-electron chi connectivity index (χ1n) is 6.93. The first-order chi connectivity index (χ1) is 8.78. The molecule has 3 nitrogen and oxygen atoms in total. The molecule has 1 heterocycles. The summed E-state index contributed by atoms with van der Waals surface area (Å²) in [5.41, 5.74) is 1.12. The molecular weight excluding hydrogens is 224 g/mol. The van der Waals surface area contributed by atoms with E-state index in [0.29, 0.717) is 12.1 Å². The van der Waals surface area contributed by atoms with Crippen LogP contribution in [0.25, 0.3) is 0 Å². The number of methoxy groups -OCH3 is 1. The number of rotatable bonds is 4. The molecule has 1 aliphatic carbocycles. The monoisotopic (exact) mass is 246 g/mol. The zero-order valence-corrected chi connectivity index (χ0v) is 11.2. The quantitative estimate of drug-likeness (QED) is 0.884. The number of hydrogen-bond donors (Lipinski definition) is 1. The number of nitrogens with zero attached hydrogens (tertiary/aromatic N) is 1. The van der Waals surface area contributed by atoms with Gasteiger partial charge in [-0.2, -0.15) is 0 Å². The highest BCUT2D eigenvalue weighted by atomic mass is 16.5. The van der Waals surface area contributed by atoms with E-state index < -0.39 is 0 Å². The molecule has 0 amide bonds. The van der Waals surface area contributed by atoms with Crippen molar-refractivity contribution in [3.63, 3.8) is 0 Å². The molecule has 1 saturated heterocycles. The maximum atomic E-state index is 5.39. The van der Waals surface area contributed by atoms with Gasteiger partial charge in [-0.25, -0.2) is 0 Å². The van der Waals surface area contributed by atoms with Crippen molar-refractivity contribution in [3.05, 3.63) is 24.3 Å². The van der Waals surface area contributed by atoms with Gasteiger partial charge in [0.15, 0.2) is 0 Å². The SMILES string of the molecule is COc1ccccc1NC1CC(C)N(C2CC2)C1. The third-order valence-electron chi connectivity index (χ3n) is 4.11. The van der Waals surface area contributed by atoms with Gasteiger partial charge in [0, 0.05) is 24.7 Å². The van der Waals surface area contributed by atoms with Crippen LogP contribution < -0.4 is 10.1 Å². The van der Waals surface area contributed by atoms with Gasteiger partial charge in [0.2, 0.25) is 0 Å². The highest BCUT2D eigenvalue weighted by molar-refractivity contribution is 5.56. The fourth-order valence-electron chi connectivity index (χ4n) is 3.06. The van der Waals surface area contributed by atoms with Crippen molar-refractivity contribution in [1.29, 1.82) is 0 Å². The van der Waals surface area contributed by atoms with Crippen molar-refractivity contribution in [2.75, 3.05) is 19.0 Å². The Balaban J connectivity index is 1.66. The summed E-state index contributed by atoms with van der Waals surface area (Å²) in [6.45, 7) is 3.52. The number of nitrogens with one attached hydrogen (secondary N) is 1. The van der Waals surface area contributed by atoms with Crippen LogP contribution in [-0.4, -0.2) is 36.7 Å². The summed E-state index contributed by atoms with van der Waals surface area (Å²) in [5, 5.41) is 3.64. The van der Waals surface area contributed by atoms with Crippen LogP contribution in [0.4, 0.5) is 5.69 Å². The standard InChI is InChI=1S/C15H22N2O/c1-11-9-12(10-17(11)13-7-8-13)16-14-5-3-4-6-15(14)18-2/h3-6,11-13,16H,7-10H2,1-2H3. The molecule has 3 heteroatoms. The Hall–Kier alpha value is -1.22. The zero-order valence-electron chi connectivity index (χ0n) is 11.2. The lowest BCUT2D eigenvalue weighted by Crippen LogP contribution is -2.31.